The van der Waals surface area contributed by atoms with Crippen LogP contribution in [0.25, 0.3) is 0 Å². The molecule has 2 aliphatic rings. The SMILES string of the molecule is CC(C)N1CCC(N2CCN(C(=O)c3ccccn3)CC2CCO)CC1. The number of hydrogen-bond acceptors (Lipinski definition) is 5. The smallest absolute Gasteiger partial charge is 0.272 e. The summed E-state index contributed by atoms with van der Waals surface area (Å²) in [5, 5.41) is 9.54. The summed E-state index contributed by atoms with van der Waals surface area (Å²) >= 11 is 0. The summed E-state index contributed by atoms with van der Waals surface area (Å²) in [4.78, 5) is 23.9. The molecule has 1 aromatic rings. The molecule has 2 fully saturated rings. The molecule has 3 rings (SSSR count). The van der Waals surface area contributed by atoms with Crippen molar-refractivity contribution in [2.24, 2.45) is 0 Å². The predicted octanol–water partition coefficient (Wildman–Crippen LogP) is 1.46. The lowest BCUT2D eigenvalue weighted by molar-refractivity contribution is 0.00394. The maximum atomic E-state index is 12.7. The molecule has 1 atom stereocenters. The van der Waals surface area contributed by atoms with Crippen molar-refractivity contribution < 1.29 is 9.90 Å². The van der Waals surface area contributed by atoms with Crippen LogP contribution in [-0.2, 0) is 0 Å². The van der Waals surface area contributed by atoms with Gasteiger partial charge >= 0.3 is 0 Å². The van der Waals surface area contributed by atoms with Crippen LogP contribution in [0, 0.1) is 0 Å². The Labute approximate surface area is 156 Å². The Kier molecular flexibility index (Phi) is 6.62. The summed E-state index contributed by atoms with van der Waals surface area (Å²) in [7, 11) is 0. The number of likely N-dealkylation sites (tertiary alicyclic amines) is 1. The first-order valence-corrected chi connectivity index (χ1v) is 9.91. The van der Waals surface area contributed by atoms with Gasteiger partial charge in [-0.15, -0.1) is 0 Å². The van der Waals surface area contributed by atoms with Crippen molar-refractivity contribution in [3.8, 4) is 0 Å². The van der Waals surface area contributed by atoms with Crippen molar-refractivity contribution in [3.63, 3.8) is 0 Å². The zero-order valence-corrected chi connectivity index (χ0v) is 16.0. The van der Waals surface area contributed by atoms with Gasteiger partial charge in [0.25, 0.3) is 5.91 Å². The molecule has 1 N–H and O–H groups in total. The number of aromatic nitrogens is 1. The number of aliphatic hydroxyl groups is 1. The van der Waals surface area contributed by atoms with Crippen molar-refractivity contribution in [1.29, 1.82) is 0 Å². The largest absolute Gasteiger partial charge is 0.396 e. The van der Waals surface area contributed by atoms with Gasteiger partial charge in [0, 0.05) is 50.6 Å². The number of hydrogen-bond donors (Lipinski definition) is 1. The highest BCUT2D eigenvalue weighted by Gasteiger charge is 2.35. The molecule has 1 aromatic heterocycles. The lowest BCUT2D eigenvalue weighted by Crippen LogP contribution is -2.59. The van der Waals surface area contributed by atoms with Crippen molar-refractivity contribution >= 4 is 5.91 Å². The van der Waals surface area contributed by atoms with Crippen LogP contribution in [0.4, 0.5) is 0 Å². The fraction of sp³-hybridized carbons (Fsp3) is 0.700. The van der Waals surface area contributed by atoms with E-state index in [-0.39, 0.29) is 18.6 Å². The Balaban J connectivity index is 1.62. The number of carbonyl (C=O) groups is 1. The number of rotatable bonds is 5. The highest BCUT2D eigenvalue weighted by atomic mass is 16.3. The fourth-order valence-corrected chi connectivity index (χ4v) is 4.33. The van der Waals surface area contributed by atoms with Crippen molar-refractivity contribution in [1.82, 2.24) is 19.7 Å². The van der Waals surface area contributed by atoms with Gasteiger partial charge in [-0.3, -0.25) is 14.7 Å². The summed E-state index contributed by atoms with van der Waals surface area (Å²) in [6, 6.07) is 6.86. The number of amides is 1. The van der Waals surface area contributed by atoms with E-state index in [0.29, 0.717) is 24.3 Å². The molecule has 0 radical (unpaired) electrons. The quantitative estimate of drug-likeness (QED) is 0.862. The molecule has 2 saturated heterocycles. The van der Waals surface area contributed by atoms with E-state index < -0.39 is 0 Å². The highest BCUT2D eigenvalue weighted by Crippen LogP contribution is 2.24. The molecule has 1 unspecified atom stereocenters. The number of piperidine rings is 1. The first-order chi connectivity index (χ1) is 12.6. The molecular formula is C20H32N4O2. The Morgan fingerprint density at radius 2 is 2.00 bits per heavy atom. The predicted molar refractivity (Wildman–Crippen MR) is 102 cm³/mol. The third kappa shape index (κ3) is 4.42. The fourth-order valence-electron chi connectivity index (χ4n) is 4.33. The van der Waals surface area contributed by atoms with E-state index in [4.69, 9.17) is 0 Å². The van der Waals surface area contributed by atoms with Gasteiger partial charge in [-0.25, -0.2) is 0 Å². The highest BCUT2D eigenvalue weighted by molar-refractivity contribution is 5.92. The first kappa shape index (κ1) is 19.3. The summed E-state index contributed by atoms with van der Waals surface area (Å²) in [5.41, 5.74) is 0.508. The minimum Gasteiger partial charge on any atom is -0.396 e. The van der Waals surface area contributed by atoms with Crippen LogP contribution in [0.3, 0.4) is 0 Å². The van der Waals surface area contributed by atoms with Gasteiger partial charge in [-0.1, -0.05) is 6.07 Å². The van der Waals surface area contributed by atoms with E-state index >= 15 is 0 Å². The second-order valence-electron chi connectivity index (χ2n) is 7.73. The molecule has 144 valence electrons. The molecule has 6 heteroatoms. The van der Waals surface area contributed by atoms with Gasteiger partial charge in [-0.05, 0) is 58.3 Å². The minimum atomic E-state index is 0.00261. The van der Waals surface area contributed by atoms with Crippen LogP contribution < -0.4 is 0 Å². The van der Waals surface area contributed by atoms with Gasteiger partial charge in [0.15, 0.2) is 0 Å². The second kappa shape index (κ2) is 8.93. The van der Waals surface area contributed by atoms with Gasteiger partial charge in [0.1, 0.15) is 5.69 Å². The van der Waals surface area contributed by atoms with Crippen LogP contribution in [0.5, 0.6) is 0 Å². The zero-order chi connectivity index (χ0) is 18.5. The van der Waals surface area contributed by atoms with Gasteiger partial charge in [0.2, 0.25) is 0 Å². The van der Waals surface area contributed by atoms with E-state index in [1.54, 1.807) is 12.3 Å². The minimum absolute atomic E-state index is 0.00261. The number of nitrogens with zero attached hydrogens (tertiary/aromatic N) is 4. The Morgan fingerprint density at radius 1 is 1.23 bits per heavy atom. The average molecular weight is 361 g/mol. The number of aliphatic hydroxyl groups excluding tert-OH is 1. The standard InChI is InChI=1S/C20H32N4O2/c1-16(2)22-10-6-17(7-11-22)24-13-12-23(15-18(24)8-14-25)20(26)19-5-3-4-9-21-19/h3-5,9,16-18,25H,6-8,10-15H2,1-2H3. The average Bonchev–Trinajstić information content (AvgIpc) is 2.68. The van der Waals surface area contributed by atoms with Crippen LogP contribution in [-0.4, -0.2) is 88.2 Å². The van der Waals surface area contributed by atoms with Gasteiger partial charge in [-0.2, -0.15) is 0 Å². The molecule has 1 amide bonds. The molecule has 6 nitrogen and oxygen atoms in total. The van der Waals surface area contributed by atoms with Crippen molar-refractivity contribution in [3.05, 3.63) is 30.1 Å². The molecular weight excluding hydrogens is 328 g/mol. The lowest BCUT2D eigenvalue weighted by Gasteiger charge is -2.48. The third-order valence-electron chi connectivity index (χ3n) is 5.86. The monoisotopic (exact) mass is 360 g/mol. The van der Waals surface area contributed by atoms with Crippen LogP contribution in [0.15, 0.2) is 24.4 Å². The van der Waals surface area contributed by atoms with Crippen molar-refractivity contribution in [2.75, 3.05) is 39.3 Å². The van der Waals surface area contributed by atoms with E-state index in [1.165, 1.54) is 12.8 Å². The zero-order valence-electron chi connectivity index (χ0n) is 16.0. The van der Waals surface area contributed by atoms with Crippen molar-refractivity contribution in [2.45, 2.75) is 51.2 Å². The molecule has 0 aliphatic carbocycles. The Morgan fingerprint density at radius 3 is 2.62 bits per heavy atom. The molecule has 0 bridgehead atoms. The maximum absolute atomic E-state index is 12.7. The molecule has 0 aromatic carbocycles. The third-order valence-corrected chi connectivity index (χ3v) is 5.86. The number of carbonyl (C=O) groups excluding carboxylic acids is 1. The van der Waals surface area contributed by atoms with E-state index in [1.807, 2.05) is 17.0 Å². The molecule has 2 aliphatic heterocycles. The number of pyridine rings is 1. The van der Waals surface area contributed by atoms with Crippen LogP contribution in [0.2, 0.25) is 0 Å². The lowest BCUT2D eigenvalue weighted by atomic mass is 9.97. The van der Waals surface area contributed by atoms with Gasteiger partial charge in [0.05, 0.1) is 0 Å². The molecule has 0 spiro atoms. The molecule has 0 saturated carbocycles. The normalized spacial score (nSPS) is 23.5. The maximum Gasteiger partial charge on any atom is 0.272 e. The Hall–Kier alpha value is -1.50. The Bertz CT molecular complexity index is 572. The second-order valence-corrected chi connectivity index (χ2v) is 7.73. The van der Waals surface area contributed by atoms with E-state index in [9.17, 15) is 9.90 Å². The number of piperazine rings is 1. The van der Waals surface area contributed by atoms with Crippen LogP contribution >= 0.6 is 0 Å². The van der Waals surface area contributed by atoms with E-state index in [0.717, 1.165) is 32.6 Å². The first-order valence-electron chi connectivity index (χ1n) is 9.91. The summed E-state index contributed by atoms with van der Waals surface area (Å²) in [6.45, 7) is 9.27. The summed E-state index contributed by atoms with van der Waals surface area (Å²) in [5.74, 6) is 0.00261. The molecule has 26 heavy (non-hydrogen) atoms. The summed E-state index contributed by atoms with van der Waals surface area (Å²) < 4.78 is 0. The van der Waals surface area contributed by atoms with Crippen LogP contribution in [0.1, 0.15) is 43.6 Å². The topological polar surface area (TPSA) is 59.9 Å². The van der Waals surface area contributed by atoms with Gasteiger partial charge < -0.3 is 14.9 Å². The van der Waals surface area contributed by atoms with E-state index in [2.05, 4.69) is 28.6 Å². The molecule has 3 heterocycles. The summed E-state index contributed by atoms with van der Waals surface area (Å²) in [6.07, 6.45) is 4.73.